The second kappa shape index (κ2) is 7.49. The lowest BCUT2D eigenvalue weighted by Crippen LogP contribution is -2.23. The number of nitro benzene ring substituents is 1. The van der Waals surface area contributed by atoms with E-state index in [0.717, 1.165) is 0 Å². The van der Waals surface area contributed by atoms with Gasteiger partial charge in [0.05, 0.1) is 16.7 Å². The molecule has 1 N–H and O–H groups in total. The Labute approximate surface area is 135 Å². The zero-order valence-corrected chi connectivity index (χ0v) is 13.1. The standard InChI is InChI=1S/C13H14N6O3S/c1-3-7-18-13(15-16-17-18)23-9(2)12(20)14-10-5-4-6-11(8-10)19(21)22/h3-6,8-9H,1,7H2,2H3,(H,14,20). The topological polar surface area (TPSA) is 116 Å². The molecule has 0 aliphatic carbocycles. The highest BCUT2D eigenvalue weighted by molar-refractivity contribution is 8.00. The van der Waals surface area contributed by atoms with E-state index in [4.69, 9.17) is 0 Å². The van der Waals surface area contributed by atoms with Crippen LogP contribution in [0.25, 0.3) is 0 Å². The monoisotopic (exact) mass is 334 g/mol. The van der Waals surface area contributed by atoms with Gasteiger partial charge >= 0.3 is 0 Å². The van der Waals surface area contributed by atoms with Gasteiger partial charge in [0, 0.05) is 17.8 Å². The summed E-state index contributed by atoms with van der Waals surface area (Å²) in [4.78, 5) is 22.4. The summed E-state index contributed by atoms with van der Waals surface area (Å²) in [6.07, 6.45) is 1.65. The maximum Gasteiger partial charge on any atom is 0.271 e. The summed E-state index contributed by atoms with van der Waals surface area (Å²) in [5.41, 5.74) is 0.278. The fourth-order valence-corrected chi connectivity index (χ4v) is 2.47. The molecule has 1 aromatic heterocycles. The van der Waals surface area contributed by atoms with E-state index < -0.39 is 10.2 Å². The molecule has 0 spiro atoms. The van der Waals surface area contributed by atoms with Crippen molar-refractivity contribution in [1.29, 1.82) is 0 Å². The third-order valence-electron chi connectivity index (χ3n) is 2.78. The lowest BCUT2D eigenvalue weighted by atomic mass is 10.2. The molecule has 0 radical (unpaired) electrons. The van der Waals surface area contributed by atoms with Crippen molar-refractivity contribution in [3.8, 4) is 0 Å². The Morgan fingerprint density at radius 3 is 3.09 bits per heavy atom. The number of carbonyl (C=O) groups excluding carboxylic acids is 1. The molecule has 10 heteroatoms. The van der Waals surface area contributed by atoms with E-state index in [-0.39, 0.29) is 11.6 Å². The number of thioether (sulfide) groups is 1. The number of aromatic nitrogens is 4. The largest absolute Gasteiger partial charge is 0.325 e. The Bertz CT molecular complexity index is 732. The SMILES string of the molecule is C=CCn1nnnc1SC(C)C(=O)Nc1cccc([N+](=O)[O-])c1. The number of anilines is 1. The summed E-state index contributed by atoms with van der Waals surface area (Å²) in [6.45, 7) is 5.75. The van der Waals surface area contributed by atoms with E-state index in [1.807, 2.05) is 0 Å². The minimum absolute atomic E-state index is 0.0852. The molecule has 0 aliphatic heterocycles. The van der Waals surface area contributed by atoms with Crippen molar-refractivity contribution < 1.29 is 9.72 Å². The molecule has 1 atom stereocenters. The Kier molecular flexibility index (Phi) is 5.41. The van der Waals surface area contributed by atoms with Gasteiger partial charge in [0.25, 0.3) is 5.69 Å². The molecule has 1 amide bonds. The maximum absolute atomic E-state index is 12.2. The molecule has 0 saturated heterocycles. The van der Waals surface area contributed by atoms with Crippen molar-refractivity contribution in [2.24, 2.45) is 0 Å². The summed E-state index contributed by atoms with van der Waals surface area (Å²) in [5.74, 6) is -0.302. The molecule has 2 aromatic rings. The minimum Gasteiger partial charge on any atom is -0.325 e. The lowest BCUT2D eigenvalue weighted by molar-refractivity contribution is -0.384. The predicted molar refractivity (Wildman–Crippen MR) is 85.1 cm³/mol. The number of allylic oxidation sites excluding steroid dienone is 1. The van der Waals surface area contributed by atoms with Gasteiger partial charge in [-0.3, -0.25) is 14.9 Å². The average molecular weight is 334 g/mol. The quantitative estimate of drug-likeness (QED) is 0.356. The van der Waals surface area contributed by atoms with Crippen molar-refractivity contribution in [1.82, 2.24) is 20.2 Å². The number of non-ortho nitro benzene ring substituents is 1. The summed E-state index contributed by atoms with van der Waals surface area (Å²) in [5, 5.41) is 24.6. The first-order chi connectivity index (χ1) is 11.0. The third-order valence-corrected chi connectivity index (χ3v) is 3.85. The molecule has 1 unspecified atom stereocenters. The normalized spacial score (nSPS) is 11.7. The molecule has 0 bridgehead atoms. The van der Waals surface area contributed by atoms with Crippen molar-refractivity contribution in [2.45, 2.75) is 23.9 Å². The van der Waals surface area contributed by atoms with Crippen molar-refractivity contribution in [2.75, 3.05) is 5.32 Å². The number of hydrogen-bond donors (Lipinski definition) is 1. The number of nitro groups is 1. The molecule has 0 aliphatic rings. The molecule has 2 rings (SSSR count). The van der Waals surface area contributed by atoms with Crippen LogP contribution < -0.4 is 5.32 Å². The molecular formula is C13H14N6O3S. The summed E-state index contributed by atoms with van der Waals surface area (Å²) < 4.78 is 1.52. The van der Waals surface area contributed by atoms with Crippen molar-refractivity contribution >= 4 is 29.0 Å². The van der Waals surface area contributed by atoms with Crippen LogP contribution in [0.1, 0.15) is 6.92 Å². The van der Waals surface area contributed by atoms with Gasteiger partial charge in [-0.1, -0.05) is 23.9 Å². The van der Waals surface area contributed by atoms with Gasteiger partial charge in [-0.15, -0.1) is 11.7 Å². The molecule has 9 nitrogen and oxygen atoms in total. The van der Waals surface area contributed by atoms with E-state index in [9.17, 15) is 14.9 Å². The van der Waals surface area contributed by atoms with E-state index in [0.29, 0.717) is 17.4 Å². The van der Waals surface area contributed by atoms with E-state index in [1.54, 1.807) is 19.1 Å². The number of nitrogens with zero attached hydrogens (tertiary/aromatic N) is 5. The fraction of sp³-hybridized carbons (Fsp3) is 0.231. The van der Waals surface area contributed by atoms with E-state index in [1.165, 1.54) is 34.6 Å². The average Bonchev–Trinajstić information content (AvgIpc) is 2.95. The first-order valence-corrected chi connectivity index (χ1v) is 7.48. The highest BCUT2D eigenvalue weighted by Gasteiger charge is 2.19. The molecule has 1 heterocycles. The summed E-state index contributed by atoms with van der Waals surface area (Å²) >= 11 is 1.19. The van der Waals surface area contributed by atoms with Crippen LogP contribution in [0.4, 0.5) is 11.4 Å². The molecule has 0 saturated carbocycles. The number of carbonyl (C=O) groups is 1. The van der Waals surface area contributed by atoms with Crippen LogP contribution in [-0.4, -0.2) is 36.3 Å². The third kappa shape index (κ3) is 4.36. The van der Waals surface area contributed by atoms with Crippen LogP contribution in [0.3, 0.4) is 0 Å². The molecule has 1 aromatic carbocycles. The Hall–Kier alpha value is -2.75. The van der Waals surface area contributed by atoms with Crippen LogP contribution in [0, 0.1) is 10.1 Å². The second-order valence-electron chi connectivity index (χ2n) is 4.49. The Morgan fingerprint density at radius 1 is 1.61 bits per heavy atom. The second-order valence-corrected chi connectivity index (χ2v) is 5.80. The van der Waals surface area contributed by atoms with Gasteiger partial charge in [-0.2, -0.15) is 0 Å². The maximum atomic E-state index is 12.2. The fourth-order valence-electron chi connectivity index (χ4n) is 1.67. The highest BCUT2D eigenvalue weighted by atomic mass is 32.2. The zero-order valence-electron chi connectivity index (χ0n) is 12.2. The van der Waals surface area contributed by atoms with Gasteiger partial charge in [-0.25, -0.2) is 4.68 Å². The smallest absolute Gasteiger partial charge is 0.271 e. The van der Waals surface area contributed by atoms with Crippen LogP contribution in [-0.2, 0) is 11.3 Å². The number of rotatable bonds is 7. The van der Waals surface area contributed by atoms with Crippen LogP contribution in [0.2, 0.25) is 0 Å². The number of hydrogen-bond acceptors (Lipinski definition) is 7. The molecule has 0 fully saturated rings. The van der Waals surface area contributed by atoms with Gasteiger partial charge < -0.3 is 5.32 Å². The van der Waals surface area contributed by atoms with Gasteiger partial charge in [-0.05, 0) is 23.4 Å². The van der Waals surface area contributed by atoms with Crippen LogP contribution in [0.15, 0.2) is 42.1 Å². The van der Waals surface area contributed by atoms with Crippen LogP contribution in [0.5, 0.6) is 0 Å². The number of benzene rings is 1. The van der Waals surface area contributed by atoms with Gasteiger partial charge in [0.15, 0.2) is 0 Å². The van der Waals surface area contributed by atoms with Crippen LogP contribution >= 0.6 is 11.8 Å². The predicted octanol–water partition coefficient (Wildman–Crippen LogP) is 1.89. The minimum atomic E-state index is -0.517. The highest BCUT2D eigenvalue weighted by Crippen LogP contribution is 2.22. The van der Waals surface area contributed by atoms with Gasteiger partial charge in [0.2, 0.25) is 11.1 Å². The first kappa shape index (κ1) is 16.6. The lowest BCUT2D eigenvalue weighted by Gasteiger charge is -2.11. The van der Waals surface area contributed by atoms with E-state index in [2.05, 4.69) is 27.4 Å². The zero-order chi connectivity index (χ0) is 16.8. The number of nitrogens with one attached hydrogen (secondary N) is 1. The van der Waals surface area contributed by atoms with Gasteiger partial charge in [0.1, 0.15) is 0 Å². The Morgan fingerprint density at radius 2 is 2.39 bits per heavy atom. The van der Waals surface area contributed by atoms with E-state index >= 15 is 0 Å². The first-order valence-electron chi connectivity index (χ1n) is 6.60. The number of tetrazole rings is 1. The number of amides is 1. The van der Waals surface area contributed by atoms with Crippen molar-refractivity contribution in [3.63, 3.8) is 0 Å². The molecule has 120 valence electrons. The van der Waals surface area contributed by atoms with Crippen molar-refractivity contribution in [3.05, 3.63) is 47.0 Å². The molecular weight excluding hydrogens is 320 g/mol. The molecule has 23 heavy (non-hydrogen) atoms. The summed E-state index contributed by atoms with van der Waals surface area (Å²) in [6, 6.07) is 5.76. The summed E-state index contributed by atoms with van der Waals surface area (Å²) in [7, 11) is 0. The Balaban J connectivity index is 2.02.